The number of H-pyrrole nitrogens is 1. The molecule has 0 saturated heterocycles. The molecule has 632 valence electrons. The van der Waals surface area contributed by atoms with E-state index in [1.807, 2.05) is 20.8 Å². The van der Waals surface area contributed by atoms with Crippen molar-refractivity contribution in [3.63, 3.8) is 0 Å². The van der Waals surface area contributed by atoms with E-state index >= 15 is 0 Å². The third kappa shape index (κ3) is 20.1. The van der Waals surface area contributed by atoms with Gasteiger partial charge in [-0.1, -0.05) is 90.4 Å². The van der Waals surface area contributed by atoms with E-state index in [2.05, 4.69) is 91.5 Å². The van der Waals surface area contributed by atoms with Gasteiger partial charge in [-0.15, -0.1) is 5.10 Å². The van der Waals surface area contributed by atoms with Crippen LogP contribution >= 0.6 is 69.6 Å². The Kier molecular flexibility index (Phi) is 25.6. The van der Waals surface area contributed by atoms with Crippen molar-refractivity contribution < 1.29 is 74.9 Å². The Bertz CT molecular complexity index is 5190. The molecule has 20 rings (SSSR count). The quantitative estimate of drug-likeness (QED) is 0.0257. The normalized spacial score (nSPS) is 25.8. The minimum absolute atomic E-state index is 0.00250. The molecule has 12 saturated carbocycles. The molecular weight excluding hydrogens is 1670 g/mol. The van der Waals surface area contributed by atoms with E-state index in [0.29, 0.717) is 99.8 Å². The zero-order chi connectivity index (χ0) is 85.2. The standard InChI is InChI=1S/C24H28ClFN4O3.C21H25ClFN5O3.C19H19Cl2N3O4.C18H17Cl2N3O4/c1-14-11-23(30-22(32)20-12-27-15(2)16(3)28-20)6-8-24(14,9-7-23)29-21(31)13-33-17-4-5-18(25)19(26)10-17;1-12-10-20(26-19(30)18-24-13(2)27-28-18)5-7-21(12,8-6-20)25-17(29)11-31-14-3-4-15(22)16(23)9-14;1-2-16-22-6-14(28-16)17(26)24-19-8-18(9-19,10-19)23-15(25)7-27-11-3-4-12(20)13(21)5-11;1-10-21-5-14(27-10)16(25)23-18-7-17(8-18,9-18)22-15(24)6-26-11-2-3-12(19)13(20)4-11/h4-5,10,12,14H,6-9,11,13H2,1-3H3,(H,29,31)(H,30,32);3-4,9,12H,5-8,10-11H2,1-2H3,(H,25,29)(H,26,30)(H,24,27,28);3-6H,2,7-10H2,1H3,(H,23,25)(H,24,26);2-5H,6-9H2,1H3,(H,22,24)(H,23,25)/t14-,23?,24?;12-,20?,21?;;/m00../s1. The second kappa shape index (κ2) is 35.0. The van der Waals surface area contributed by atoms with Crippen molar-refractivity contribution in [1.82, 2.24) is 77.7 Å². The average Bonchev–Trinajstić information content (AvgIpc) is 1.15. The van der Waals surface area contributed by atoms with Crippen LogP contribution in [0.5, 0.6) is 23.0 Å². The van der Waals surface area contributed by atoms with Gasteiger partial charge in [-0.25, -0.2) is 28.7 Å². The minimum Gasteiger partial charge on any atom is -0.484 e. The molecule has 4 aromatic heterocycles. The number of rotatable bonds is 25. The molecule has 4 aromatic carbocycles. The Morgan fingerprint density at radius 2 is 0.824 bits per heavy atom. The second-order valence-corrected chi connectivity index (χ2v) is 35.1. The molecule has 37 heteroatoms. The van der Waals surface area contributed by atoms with Crippen molar-refractivity contribution >= 4 is 117 Å². The average molecular weight is 1760 g/mol. The summed E-state index contributed by atoms with van der Waals surface area (Å²) in [5.41, 5.74) is -0.474. The highest BCUT2D eigenvalue weighted by Crippen LogP contribution is 2.62. The molecule has 4 heterocycles. The summed E-state index contributed by atoms with van der Waals surface area (Å²) in [5.74, 6) is 0.772. The summed E-state index contributed by atoms with van der Waals surface area (Å²) in [5, 5.41) is 32.8. The Balaban J connectivity index is 0.000000138. The van der Waals surface area contributed by atoms with Crippen molar-refractivity contribution in [3.8, 4) is 23.0 Å². The third-order valence-electron chi connectivity index (χ3n) is 23.8. The first-order valence-electron chi connectivity index (χ1n) is 38.8. The lowest BCUT2D eigenvalue weighted by Gasteiger charge is -2.70. The lowest BCUT2D eigenvalue weighted by molar-refractivity contribution is -0.142. The van der Waals surface area contributed by atoms with Gasteiger partial charge in [0.1, 0.15) is 46.2 Å². The summed E-state index contributed by atoms with van der Waals surface area (Å²) in [6.07, 6.45) is 16.8. The fraction of sp³-hybridized carbons (Fsp3) is 0.463. The Labute approximate surface area is 713 Å². The van der Waals surface area contributed by atoms with E-state index in [1.54, 1.807) is 50.2 Å². The van der Waals surface area contributed by atoms with Crippen molar-refractivity contribution in [2.75, 3.05) is 26.4 Å². The number of hydrogen-bond donors (Lipinski definition) is 9. The van der Waals surface area contributed by atoms with Crippen LogP contribution in [0.2, 0.25) is 30.1 Å². The number of aromatic amines is 1. The number of hydrogen-bond acceptors (Lipinski definition) is 20. The molecule has 8 bridgehead atoms. The lowest BCUT2D eigenvalue weighted by Crippen LogP contribution is -2.84. The van der Waals surface area contributed by atoms with E-state index < -0.39 is 11.6 Å². The maximum absolute atomic E-state index is 13.6. The van der Waals surface area contributed by atoms with Crippen LogP contribution in [0.25, 0.3) is 0 Å². The summed E-state index contributed by atoms with van der Waals surface area (Å²) in [4.78, 5) is 120. The number of nitrogens with zero attached hydrogens (tertiary/aromatic N) is 6. The molecule has 0 spiro atoms. The van der Waals surface area contributed by atoms with E-state index in [-0.39, 0.29) is 169 Å². The number of ether oxygens (including phenoxy) is 4. The summed E-state index contributed by atoms with van der Waals surface area (Å²) in [6.45, 7) is 12.6. The molecule has 29 nitrogen and oxygen atoms in total. The number of nitrogens with one attached hydrogen (secondary N) is 9. The fourth-order valence-corrected chi connectivity index (χ4v) is 18.6. The first kappa shape index (κ1) is 86.9. The van der Waals surface area contributed by atoms with Crippen LogP contribution in [0.3, 0.4) is 0 Å². The smallest absolute Gasteiger partial charge is 0.291 e. The van der Waals surface area contributed by atoms with Crippen molar-refractivity contribution in [2.45, 2.75) is 202 Å². The lowest BCUT2D eigenvalue weighted by atomic mass is 9.44. The van der Waals surface area contributed by atoms with Gasteiger partial charge in [-0.2, -0.15) is 0 Å². The topological polar surface area (TPSA) is 389 Å². The maximum Gasteiger partial charge on any atom is 0.291 e. The molecule has 0 unspecified atom stereocenters. The largest absolute Gasteiger partial charge is 0.484 e. The molecule has 0 aliphatic heterocycles. The van der Waals surface area contributed by atoms with Gasteiger partial charge in [0, 0.05) is 81.9 Å². The minimum atomic E-state index is -0.593. The van der Waals surface area contributed by atoms with Crippen molar-refractivity contribution in [3.05, 3.63) is 185 Å². The van der Waals surface area contributed by atoms with E-state index in [4.69, 9.17) is 97.4 Å². The van der Waals surface area contributed by atoms with Gasteiger partial charge in [0.05, 0.1) is 60.1 Å². The van der Waals surface area contributed by atoms with Gasteiger partial charge in [0.2, 0.25) is 17.3 Å². The zero-order valence-electron chi connectivity index (χ0n) is 66.1. The molecule has 12 fully saturated rings. The number of carbonyl (C=O) groups excluding carboxylic acids is 8. The summed E-state index contributed by atoms with van der Waals surface area (Å²) >= 11 is 34.9. The summed E-state index contributed by atoms with van der Waals surface area (Å²) in [6, 6.07) is 17.8. The monoisotopic (exact) mass is 1760 g/mol. The molecule has 12 aliphatic carbocycles. The molecule has 8 amide bonds. The van der Waals surface area contributed by atoms with E-state index in [0.717, 1.165) is 87.7 Å². The highest BCUT2D eigenvalue weighted by atomic mass is 35.5. The number of fused-ring (bicyclic) bond motifs is 6. The first-order valence-corrected chi connectivity index (χ1v) is 41.1. The highest BCUT2D eigenvalue weighted by Gasteiger charge is 2.70. The number of halogens is 8. The third-order valence-corrected chi connectivity index (χ3v) is 25.9. The summed E-state index contributed by atoms with van der Waals surface area (Å²) < 4.78 is 59.5. The van der Waals surface area contributed by atoms with Crippen LogP contribution in [0.1, 0.15) is 195 Å². The SMILES string of the molecule is CCc1ncc(C(=O)NC23CC(NC(=O)COc4ccc(Cl)c(Cl)c4)(C2)C3)o1.Cc1nc(C(=O)NC23CCC(NC(=O)COc4ccc(Cl)c(F)c4)(CC2)[C@@H](C)C3)n[nH]1.Cc1ncc(C(=O)NC23CC(NC(=O)COc4ccc(Cl)c(Cl)c4)(C2)C3)o1.Cc1ncc(C(=O)NC23CCC(NC(=O)COc4ccc(Cl)c(F)c4)(CC2)[C@@H](C)C3)nc1C. The van der Waals surface area contributed by atoms with Crippen molar-refractivity contribution in [1.29, 1.82) is 0 Å². The van der Waals surface area contributed by atoms with E-state index in [9.17, 15) is 47.1 Å². The van der Waals surface area contributed by atoms with Gasteiger partial charge in [-0.05, 0) is 184 Å². The van der Waals surface area contributed by atoms with Gasteiger partial charge >= 0.3 is 0 Å². The number of aryl methyl sites for hydroxylation is 5. The highest BCUT2D eigenvalue weighted by molar-refractivity contribution is 6.42. The number of aromatic nitrogens is 7. The first-order chi connectivity index (χ1) is 56.4. The number of carbonyl (C=O) groups is 8. The molecule has 2 atom stereocenters. The van der Waals surface area contributed by atoms with Crippen molar-refractivity contribution in [2.24, 2.45) is 11.8 Å². The molecule has 8 aromatic rings. The Morgan fingerprint density at radius 3 is 1.19 bits per heavy atom. The number of oxazole rings is 2. The Morgan fingerprint density at radius 1 is 0.437 bits per heavy atom. The second-order valence-electron chi connectivity index (χ2n) is 32.6. The zero-order valence-corrected chi connectivity index (χ0v) is 70.6. The van der Waals surface area contributed by atoms with Gasteiger partial charge in [0.25, 0.3) is 47.3 Å². The molecule has 119 heavy (non-hydrogen) atoms. The molecule has 0 radical (unpaired) electrons. The van der Waals surface area contributed by atoms with Crippen LogP contribution in [-0.4, -0.2) is 153 Å². The maximum atomic E-state index is 13.6. The Hall–Kier alpha value is -9.92. The van der Waals surface area contributed by atoms with Crippen LogP contribution < -0.4 is 61.5 Å². The number of amides is 8. The van der Waals surface area contributed by atoms with Gasteiger partial charge in [0.15, 0.2) is 38.2 Å². The van der Waals surface area contributed by atoms with Crippen LogP contribution in [0.15, 0.2) is 100 Å². The number of benzene rings is 4. The van der Waals surface area contributed by atoms with Gasteiger partial charge in [-0.3, -0.25) is 48.4 Å². The molecule has 12 aliphatic rings. The fourth-order valence-electron chi connectivity index (χ4n) is 17.8. The van der Waals surface area contributed by atoms with E-state index in [1.165, 1.54) is 42.9 Å². The van der Waals surface area contributed by atoms with Crippen LogP contribution in [0.4, 0.5) is 8.78 Å². The van der Waals surface area contributed by atoms with Gasteiger partial charge < -0.3 is 70.3 Å². The predicted octanol–water partition coefficient (Wildman–Crippen LogP) is 12.9. The molecule has 9 N–H and O–H groups in total. The molecular formula is C82H89Cl6F2N15O14. The van der Waals surface area contributed by atoms with Crippen LogP contribution in [0, 0.1) is 51.2 Å². The van der Waals surface area contributed by atoms with Crippen LogP contribution in [-0.2, 0) is 25.6 Å². The predicted molar refractivity (Wildman–Crippen MR) is 434 cm³/mol. The summed E-state index contributed by atoms with van der Waals surface area (Å²) in [7, 11) is 0.